The summed E-state index contributed by atoms with van der Waals surface area (Å²) in [5.74, 6) is 1.07. The van der Waals surface area contributed by atoms with E-state index in [0.29, 0.717) is 0 Å². The summed E-state index contributed by atoms with van der Waals surface area (Å²) in [5, 5.41) is 0. The van der Waals surface area contributed by atoms with E-state index in [-0.39, 0.29) is 12.0 Å². The highest BCUT2D eigenvalue weighted by atomic mass is 16.5. The van der Waals surface area contributed by atoms with Crippen LogP contribution in [-0.4, -0.2) is 61.7 Å². The molecule has 0 aromatic heterocycles. The Bertz CT molecular complexity index is 506. The molecule has 1 amide bonds. The Kier molecular flexibility index (Phi) is 4.95. The Morgan fingerprint density at radius 2 is 2.14 bits per heavy atom. The second-order valence-corrected chi connectivity index (χ2v) is 5.95. The van der Waals surface area contributed by atoms with E-state index < -0.39 is 0 Å². The number of carbonyl (C=O) groups is 1. The van der Waals surface area contributed by atoms with E-state index in [1.807, 2.05) is 17.0 Å². The molecule has 3 rings (SSSR count). The lowest BCUT2D eigenvalue weighted by Gasteiger charge is -2.35. The van der Waals surface area contributed by atoms with Crippen LogP contribution in [-0.2, 0) is 16.1 Å². The first-order chi connectivity index (χ1) is 10.8. The van der Waals surface area contributed by atoms with Crippen LogP contribution in [0.5, 0.6) is 5.75 Å². The molecule has 2 fully saturated rings. The fraction of sp³-hybridized carbons (Fsp3) is 0.588. The molecule has 1 aromatic carbocycles. The van der Waals surface area contributed by atoms with Crippen LogP contribution in [0.3, 0.4) is 0 Å². The van der Waals surface area contributed by atoms with Crippen LogP contribution in [0.2, 0.25) is 0 Å². The lowest BCUT2D eigenvalue weighted by Crippen LogP contribution is -2.51. The van der Waals surface area contributed by atoms with Crippen molar-refractivity contribution in [3.8, 4) is 5.75 Å². The third kappa shape index (κ3) is 3.59. The first-order valence-corrected chi connectivity index (χ1v) is 8.02. The third-order valence-corrected chi connectivity index (χ3v) is 4.43. The maximum Gasteiger partial charge on any atom is 0.251 e. The summed E-state index contributed by atoms with van der Waals surface area (Å²) < 4.78 is 10.8. The second-order valence-electron chi connectivity index (χ2n) is 5.95. The van der Waals surface area contributed by atoms with Crippen molar-refractivity contribution in [3.05, 3.63) is 29.8 Å². The molecule has 0 aliphatic carbocycles. The zero-order valence-electron chi connectivity index (χ0n) is 13.2. The highest BCUT2D eigenvalue weighted by Crippen LogP contribution is 2.18. The smallest absolute Gasteiger partial charge is 0.251 e. The van der Waals surface area contributed by atoms with Gasteiger partial charge >= 0.3 is 0 Å². The average molecular weight is 304 g/mol. The van der Waals surface area contributed by atoms with E-state index in [1.54, 1.807) is 7.11 Å². The Hall–Kier alpha value is -1.59. The fourth-order valence-electron chi connectivity index (χ4n) is 3.13. The number of nitrogens with zero attached hydrogens (tertiary/aromatic N) is 2. The number of methoxy groups -OCH3 is 1. The molecule has 0 bridgehead atoms. The standard InChI is InChI=1S/C17H24N2O3/c1-21-15-5-2-4-14(12-15)13-18-7-9-19(10-8-18)17(20)16-6-3-11-22-16/h2,4-5,12,16H,3,6-11,13H2,1H3/t16-/m1/s1. The molecule has 0 N–H and O–H groups in total. The summed E-state index contributed by atoms with van der Waals surface area (Å²) in [6.07, 6.45) is 1.69. The third-order valence-electron chi connectivity index (χ3n) is 4.43. The molecule has 2 heterocycles. The van der Waals surface area contributed by atoms with Gasteiger partial charge in [-0.3, -0.25) is 9.69 Å². The lowest BCUT2D eigenvalue weighted by molar-refractivity contribution is -0.142. The number of ether oxygens (including phenoxy) is 2. The highest BCUT2D eigenvalue weighted by molar-refractivity contribution is 5.81. The van der Waals surface area contributed by atoms with Gasteiger partial charge in [-0.2, -0.15) is 0 Å². The number of hydrogen-bond acceptors (Lipinski definition) is 4. The Morgan fingerprint density at radius 3 is 2.82 bits per heavy atom. The molecule has 0 radical (unpaired) electrons. The zero-order valence-corrected chi connectivity index (χ0v) is 13.2. The summed E-state index contributed by atoms with van der Waals surface area (Å²) >= 11 is 0. The molecule has 2 saturated heterocycles. The summed E-state index contributed by atoms with van der Waals surface area (Å²) in [7, 11) is 1.69. The lowest BCUT2D eigenvalue weighted by atomic mass is 10.1. The van der Waals surface area contributed by atoms with Crippen LogP contribution < -0.4 is 4.74 Å². The zero-order chi connectivity index (χ0) is 15.4. The maximum atomic E-state index is 12.3. The van der Waals surface area contributed by atoms with Gasteiger partial charge in [0.15, 0.2) is 0 Å². The molecule has 1 aromatic rings. The fourth-order valence-corrected chi connectivity index (χ4v) is 3.13. The van der Waals surface area contributed by atoms with Crippen molar-refractivity contribution in [3.63, 3.8) is 0 Å². The maximum absolute atomic E-state index is 12.3. The highest BCUT2D eigenvalue weighted by Gasteiger charge is 2.30. The second kappa shape index (κ2) is 7.11. The molecule has 0 saturated carbocycles. The molecule has 2 aliphatic heterocycles. The van der Waals surface area contributed by atoms with Crippen LogP contribution in [0.4, 0.5) is 0 Å². The Morgan fingerprint density at radius 1 is 1.32 bits per heavy atom. The monoisotopic (exact) mass is 304 g/mol. The van der Waals surface area contributed by atoms with Gasteiger partial charge in [0.25, 0.3) is 5.91 Å². The molecule has 1 atom stereocenters. The van der Waals surface area contributed by atoms with Crippen molar-refractivity contribution in [2.75, 3.05) is 39.9 Å². The van der Waals surface area contributed by atoms with E-state index >= 15 is 0 Å². The molecule has 22 heavy (non-hydrogen) atoms. The van der Waals surface area contributed by atoms with Crippen molar-refractivity contribution in [1.82, 2.24) is 9.80 Å². The van der Waals surface area contributed by atoms with E-state index in [4.69, 9.17) is 9.47 Å². The van der Waals surface area contributed by atoms with Crippen molar-refractivity contribution >= 4 is 5.91 Å². The van der Waals surface area contributed by atoms with Gasteiger partial charge in [-0.15, -0.1) is 0 Å². The van der Waals surface area contributed by atoms with Crippen LogP contribution in [0, 0.1) is 0 Å². The average Bonchev–Trinajstić information content (AvgIpc) is 3.09. The van der Waals surface area contributed by atoms with Gasteiger partial charge in [0.1, 0.15) is 11.9 Å². The predicted molar refractivity (Wildman–Crippen MR) is 83.8 cm³/mol. The van der Waals surface area contributed by atoms with Gasteiger partial charge in [0.05, 0.1) is 7.11 Å². The van der Waals surface area contributed by atoms with Gasteiger partial charge in [-0.1, -0.05) is 12.1 Å². The molecule has 5 heteroatoms. The van der Waals surface area contributed by atoms with Crippen molar-refractivity contribution in [2.45, 2.75) is 25.5 Å². The van der Waals surface area contributed by atoms with Crippen molar-refractivity contribution < 1.29 is 14.3 Å². The van der Waals surface area contributed by atoms with E-state index in [0.717, 1.165) is 57.9 Å². The molecule has 0 spiro atoms. The molecular weight excluding hydrogens is 280 g/mol. The van der Waals surface area contributed by atoms with Crippen LogP contribution in [0.15, 0.2) is 24.3 Å². The van der Waals surface area contributed by atoms with Gasteiger partial charge in [-0.05, 0) is 30.5 Å². The van der Waals surface area contributed by atoms with Crippen LogP contribution >= 0.6 is 0 Å². The number of amides is 1. The first-order valence-electron chi connectivity index (χ1n) is 8.02. The number of benzene rings is 1. The molecule has 5 nitrogen and oxygen atoms in total. The van der Waals surface area contributed by atoms with Crippen molar-refractivity contribution in [2.24, 2.45) is 0 Å². The minimum atomic E-state index is -0.190. The minimum absolute atomic E-state index is 0.179. The summed E-state index contributed by atoms with van der Waals surface area (Å²) in [4.78, 5) is 16.7. The Labute approximate surface area is 131 Å². The van der Waals surface area contributed by atoms with Gasteiger partial charge in [0.2, 0.25) is 0 Å². The topological polar surface area (TPSA) is 42.0 Å². The number of hydrogen-bond donors (Lipinski definition) is 0. The number of piperazine rings is 1. The van der Waals surface area contributed by atoms with E-state index in [2.05, 4.69) is 17.0 Å². The first kappa shape index (κ1) is 15.3. The van der Waals surface area contributed by atoms with Crippen LogP contribution in [0.1, 0.15) is 18.4 Å². The molecule has 2 aliphatic rings. The summed E-state index contributed by atoms with van der Waals surface area (Å²) in [6.45, 7) is 5.04. The number of carbonyl (C=O) groups excluding carboxylic acids is 1. The predicted octanol–water partition coefficient (Wildman–Crippen LogP) is 1.52. The quantitative estimate of drug-likeness (QED) is 0.846. The summed E-state index contributed by atoms with van der Waals surface area (Å²) in [6, 6.07) is 8.17. The Balaban J connectivity index is 1.49. The largest absolute Gasteiger partial charge is 0.497 e. The van der Waals surface area contributed by atoms with E-state index in [1.165, 1.54) is 5.56 Å². The van der Waals surface area contributed by atoms with Gasteiger partial charge < -0.3 is 14.4 Å². The van der Waals surface area contributed by atoms with Gasteiger partial charge in [0, 0.05) is 39.3 Å². The summed E-state index contributed by atoms with van der Waals surface area (Å²) in [5.41, 5.74) is 1.25. The minimum Gasteiger partial charge on any atom is -0.497 e. The van der Waals surface area contributed by atoms with E-state index in [9.17, 15) is 4.79 Å². The van der Waals surface area contributed by atoms with Gasteiger partial charge in [-0.25, -0.2) is 0 Å². The van der Waals surface area contributed by atoms with Crippen molar-refractivity contribution in [1.29, 1.82) is 0 Å². The molecule has 120 valence electrons. The normalized spacial score (nSPS) is 22.8. The SMILES string of the molecule is COc1cccc(CN2CCN(C(=O)[C@H]3CCCO3)CC2)c1. The molecular formula is C17H24N2O3. The molecule has 0 unspecified atom stereocenters. The van der Waals surface area contributed by atoms with Crippen LogP contribution in [0.25, 0.3) is 0 Å². The number of rotatable bonds is 4.